The Morgan fingerprint density at radius 3 is 2.84 bits per heavy atom. The molecule has 0 amide bonds. The molecule has 0 bridgehead atoms. The van der Waals surface area contributed by atoms with Crippen molar-refractivity contribution in [3.05, 3.63) is 29.8 Å². The molecule has 2 rings (SSSR count). The van der Waals surface area contributed by atoms with Crippen molar-refractivity contribution >= 4 is 10.0 Å². The minimum atomic E-state index is -3.42. The number of sulfonamides is 1. The lowest BCUT2D eigenvalue weighted by Crippen LogP contribution is -2.41. The third-order valence-electron chi connectivity index (χ3n) is 3.13. The molecule has 1 saturated heterocycles. The van der Waals surface area contributed by atoms with Gasteiger partial charge in [-0.15, -0.1) is 0 Å². The Kier molecular flexibility index (Phi) is 4.93. The molecule has 1 aromatic rings. The average molecular weight is 283 g/mol. The largest absolute Gasteiger partial charge is 0.379 e. The first-order chi connectivity index (χ1) is 9.09. The molecule has 19 heavy (non-hydrogen) atoms. The van der Waals surface area contributed by atoms with Crippen LogP contribution in [0.25, 0.3) is 0 Å². The van der Waals surface area contributed by atoms with Crippen molar-refractivity contribution in [3.8, 4) is 0 Å². The molecule has 0 aromatic heterocycles. The van der Waals surface area contributed by atoms with E-state index >= 15 is 0 Å². The highest BCUT2D eigenvalue weighted by Gasteiger charge is 2.16. The fourth-order valence-electron chi connectivity index (χ4n) is 2.04. The molecule has 1 heterocycles. The van der Waals surface area contributed by atoms with Crippen LogP contribution in [-0.2, 0) is 14.8 Å². The van der Waals surface area contributed by atoms with Gasteiger partial charge in [0.1, 0.15) is 0 Å². The maximum absolute atomic E-state index is 12.1. The van der Waals surface area contributed by atoms with Crippen molar-refractivity contribution in [1.82, 2.24) is 9.62 Å². The number of hydrogen-bond donors (Lipinski definition) is 1. The van der Waals surface area contributed by atoms with E-state index in [1.165, 1.54) is 0 Å². The molecule has 0 spiro atoms. The van der Waals surface area contributed by atoms with Crippen LogP contribution < -0.4 is 4.72 Å². The second-order valence-corrected chi connectivity index (χ2v) is 6.28. The molecular formula is C13H19N2O3S. The van der Waals surface area contributed by atoms with E-state index in [1.807, 2.05) is 0 Å². The molecule has 0 atom stereocenters. The average Bonchev–Trinajstić information content (AvgIpc) is 2.40. The lowest BCUT2D eigenvalue weighted by atomic mass is 10.2. The molecule has 5 nitrogen and oxygen atoms in total. The predicted octanol–water partition coefficient (Wildman–Crippen LogP) is 0.406. The van der Waals surface area contributed by atoms with Gasteiger partial charge < -0.3 is 4.74 Å². The van der Waals surface area contributed by atoms with Gasteiger partial charge in [-0.2, -0.15) is 0 Å². The Morgan fingerprint density at radius 2 is 2.16 bits per heavy atom. The van der Waals surface area contributed by atoms with Crippen molar-refractivity contribution in [2.45, 2.75) is 11.8 Å². The lowest BCUT2D eigenvalue weighted by molar-refractivity contribution is 0.0390. The van der Waals surface area contributed by atoms with Gasteiger partial charge in [0.2, 0.25) is 10.0 Å². The van der Waals surface area contributed by atoms with Gasteiger partial charge in [0, 0.05) is 26.2 Å². The monoisotopic (exact) mass is 283 g/mol. The Hall–Kier alpha value is -0.950. The number of benzene rings is 1. The van der Waals surface area contributed by atoms with Crippen LogP contribution in [0.1, 0.15) is 5.56 Å². The first-order valence-corrected chi connectivity index (χ1v) is 7.84. The van der Waals surface area contributed by atoms with Crippen LogP contribution in [0.15, 0.2) is 23.1 Å². The summed E-state index contributed by atoms with van der Waals surface area (Å²) in [6.45, 7) is 6.07. The molecule has 1 aromatic carbocycles. The Labute approximate surface area is 114 Å². The molecule has 6 heteroatoms. The van der Waals surface area contributed by atoms with E-state index in [2.05, 4.69) is 15.7 Å². The molecule has 1 radical (unpaired) electrons. The van der Waals surface area contributed by atoms with E-state index in [0.29, 0.717) is 23.5 Å². The van der Waals surface area contributed by atoms with Gasteiger partial charge in [-0.25, -0.2) is 13.1 Å². The normalized spacial score (nSPS) is 17.5. The van der Waals surface area contributed by atoms with Gasteiger partial charge in [0.25, 0.3) is 0 Å². The smallest absolute Gasteiger partial charge is 0.240 e. The molecule has 1 aliphatic rings. The van der Waals surface area contributed by atoms with Crippen LogP contribution in [0.3, 0.4) is 0 Å². The van der Waals surface area contributed by atoms with E-state index in [-0.39, 0.29) is 0 Å². The summed E-state index contributed by atoms with van der Waals surface area (Å²) in [5, 5.41) is 0. The van der Waals surface area contributed by atoms with Crippen LogP contribution in [0, 0.1) is 13.0 Å². The summed E-state index contributed by atoms with van der Waals surface area (Å²) in [5.74, 6) is 0. The topological polar surface area (TPSA) is 58.6 Å². The molecule has 1 fully saturated rings. The zero-order valence-corrected chi connectivity index (χ0v) is 11.9. The van der Waals surface area contributed by atoms with Crippen molar-refractivity contribution in [3.63, 3.8) is 0 Å². The highest BCUT2D eigenvalue weighted by atomic mass is 32.2. The summed E-state index contributed by atoms with van der Waals surface area (Å²) in [4.78, 5) is 2.52. The minimum Gasteiger partial charge on any atom is -0.379 e. The third kappa shape index (κ3) is 4.01. The van der Waals surface area contributed by atoms with E-state index in [1.54, 1.807) is 25.1 Å². The van der Waals surface area contributed by atoms with Crippen molar-refractivity contribution in [2.75, 3.05) is 39.4 Å². The lowest BCUT2D eigenvalue weighted by Gasteiger charge is -2.26. The second-order valence-electron chi connectivity index (χ2n) is 4.54. The van der Waals surface area contributed by atoms with Crippen molar-refractivity contribution in [1.29, 1.82) is 0 Å². The number of hydrogen-bond acceptors (Lipinski definition) is 4. The Bertz CT molecular complexity index is 510. The van der Waals surface area contributed by atoms with Crippen molar-refractivity contribution in [2.24, 2.45) is 0 Å². The highest BCUT2D eigenvalue weighted by molar-refractivity contribution is 7.89. The maximum atomic E-state index is 12.1. The van der Waals surface area contributed by atoms with Crippen LogP contribution in [0.5, 0.6) is 0 Å². The standard InChI is InChI=1S/C13H19N2O3S/c1-12-4-2-3-5-13(12)19(16,17)14-6-7-15-8-10-18-11-9-15/h3-5,14H,6-11H2,1H3. The predicted molar refractivity (Wildman–Crippen MR) is 72.5 cm³/mol. The van der Waals surface area contributed by atoms with E-state index in [4.69, 9.17) is 4.74 Å². The van der Waals surface area contributed by atoms with E-state index in [9.17, 15) is 8.42 Å². The van der Waals surface area contributed by atoms with E-state index in [0.717, 1.165) is 26.3 Å². The number of morpholine rings is 1. The zero-order valence-electron chi connectivity index (χ0n) is 11.1. The number of aryl methyl sites for hydroxylation is 1. The highest BCUT2D eigenvalue weighted by Crippen LogP contribution is 2.13. The van der Waals surface area contributed by atoms with Gasteiger partial charge in [0.05, 0.1) is 18.1 Å². The number of nitrogens with one attached hydrogen (secondary N) is 1. The van der Waals surface area contributed by atoms with Crippen LogP contribution >= 0.6 is 0 Å². The summed E-state index contributed by atoms with van der Waals surface area (Å²) >= 11 is 0. The molecular weight excluding hydrogens is 264 g/mol. The number of nitrogens with zero attached hydrogens (tertiary/aromatic N) is 1. The maximum Gasteiger partial charge on any atom is 0.240 e. The molecule has 1 N–H and O–H groups in total. The van der Waals surface area contributed by atoms with Crippen LogP contribution in [0.4, 0.5) is 0 Å². The van der Waals surface area contributed by atoms with Crippen LogP contribution in [-0.4, -0.2) is 52.7 Å². The Balaban J connectivity index is 1.89. The summed E-state index contributed by atoms with van der Waals surface area (Å²) in [6.07, 6.45) is 0. The number of rotatable bonds is 5. The second kappa shape index (κ2) is 6.47. The third-order valence-corrected chi connectivity index (χ3v) is 4.75. The SMILES string of the molecule is Cc1c[c]ccc1S(=O)(=O)NCCN1CCOCC1. The fourth-order valence-corrected chi connectivity index (χ4v) is 3.29. The van der Waals surface area contributed by atoms with Gasteiger partial charge in [-0.1, -0.05) is 12.1 Å². The summed E-state index contributed by atoms with van der Waals surface area (Å²) in [6, 6.07) is 7.73. The Morgan fingerprint density at radius 1 is 1.42 bits per heavy atom. The minimum absolute atomic E-state index is 0.327. The summed E-state index contributed by atoms with van der Waals surface area (Å²) < 4.78 is 32.1. The van der Waals surface area contributed by atoms with Crippen molar-refractivity contribution < 1.29 is 13.2 Å². The van der Waals surface area contributed by atoms with Crippen LogP contribution in [0.2, 0.25) is 0 Å². The zero-order chi connectivity index (χ0) is 13.7. The molecule has 0 unspecified atom stereocenters. The summed E-state index contributed by atoms with van der Waals surface area (Å²) in [7, 11) is -3.42. The van der Waals surface area contributed by atoms with Gasteiger partial charge >= 0.3 is 0 Å². The number of ether oxygens (including phenoxy) is 1. The van der Waals surface area contributed by atoms with Gasteiger partial charge in [0.15, 0.2) is 0 Å². The molecule has 105 valence electrons. The quantitative estimate of drug-likeness (QED) is 0.850. The first kappa shape index (κ1) is 14.5. The summed E-state index contributed by atoms with van der Waals surface area (Å²) in [5.41, 5.74) is 0.710. The fraction of sp³-hybridized carbons (Fsp3) is 0.538. The van der Waals surface area contributed by atoms with Gasteiger partial charge in [-0.3, -0.25) is 4.90 Å². The first-order valence-electron chi connectivity index (χ1n) is 6.36. The van der Waals surface area contributed by atoms with E-state index < -0.39 is 10.0 Å². The molecule has 0 saturated carbocycles. The van der Waals surface area contributed by atoms with Gasteiger partial charge in [-0.05, 0) is 24.6 Å². The molecule has 1 aliphatic heterocycles. The molecule has 0 aliphatic carbocycles.